The van der Waals surface area contributed by atoms with E-state index in [-0.39, 0.29) is 12.4 Å². The van der Waals surface area contributed by atoms with Crippen LogP contribution < -0.4 is 17.0 Å². The van der Waals surface area contributed by atoms with Crippen LogP contribution in [0.15, 0.2) is 18.7 Å². The molecule has 0 amide bonds. The summed E-state index contributed by atoms with van der Waals surface area (Å²) in [6.07, 6.45) is 5.93. The van der Waals surface area contributed by atoms with E-state index in [9.17, 15) is 0 Å². The Balaban J connectivity index is 0.000000810. The van der Waals surface area contributed by atoms with Crippen molar-refractivity contribution >= 4 is 9.92 Å². The van der Waals surface area contributed by atoms with Gasteiger partial charge in [-0.1, -0.05) is 0 Å². The van der Waals surface area contributed by atoms with E-state index in [1.54, 1.807) is 7.11 Å². The van der Waals surface area contributed by atoms with E-state index in [1.807, 2.05) is 34.6 Å². The largest absolute Gasteiger partial charge is 1.00 e. The van der Waals surface area contributed by atoms with Gasteiger partial charge < -0.3 is 16.8 Å². The molecule has 1 rings (SSSR count). The highest BCUT2D eigenvalue weighted by Gasteiger charge is 2.00. The number of aromatic nitrogens is 2. The van der Waals surface area contributed by atoms with Crippen molar-refractivity contribution in [3.8, 4) is 0 Å². The number of nitrogens with zero attached hydrogens (tertiary/aromatic N) is 2. The number of halogens is 1. The monoisotopic (exact) mass is 176 g/mol. The van der Waals surface area contributed by atoms with Crippen LogP contribution in [-0.2, 0) is 11.5 Å². The standard InChI is InChI=1S/C5H9N2OSi.ClH/c1-6-3-4-7(5-6)9-8-2;/h3-5H,1-2H3;1H/q+1;/p-1. The molecule has 0 unspecified atom stereocenters. The first-order chi connectivity index (χ1) is 4.33. The van der Waals surface area contributed by atoms with Gasteiger partial charge in [-0.15, -0.1) is 0 Å². The highest BCUT2D eigenvalue weighted by molar-refractivity contribution is 6.24. The van der Waals surface area contributed by atoms with Crippen molar-refractivity contribution in [2.45, 2.75) is 0 Å². The predicted octanol–water partition coefficient (Wildman–Crippen LogP) is -3.65. The first kappa shape index (κ1) is 9.68. The second-order valence-electron chi connectivity index (χ2n) is 1.78. The van der Waals surface area contributed by atoms with Gasteiger partial charge in [0.05, 0.1) is 7.05 Å². The van der Waals surface area contributed by atoms with Gasteiger partial charge in [0.1, 0.15) is 12.4 Å². The van der Waals surface area contributed by atoms with Crippen molar-refractivity contribution in [2.75, 3.05) is 7.11 Å². The summed E-state index contributed by atoms with van der Waals surface area (Å²) in [7, 11) is 4.08. The van der Waals surface area contributed by atoms with Gasteiger partial charge in [-0.05, 0) is 0 Å². The van der Waals surface area contributed by atoms with Crippen molar-refractivity contribution in [1.82, 2.24) is 4.23 Å². The average Bonchev–Trinajstić information content (AvgIpc) is 2.17. The van der Waals surface area contributed by atoms with Gasteiger partial charge in [-0.25, -0.2) is 4.57 Å². The Morgan fingerprint density at radius 2 is 2.30 bits per heavy atom. The van der Waals surface area contributed by atoms with Gasteiger partial charge in [0.25, 0.3) is 0 Å². The third-order valence-corrected chi connectivity index (χ3v) is 1.62. The highest BCUT2D eigenvalue weighted by Crippen LogP contribution is 1.76. The van der Waals surface area contributed by atoms with E-state index in [4.69, 9.17) is 4.43 Å². The lowest BCUT2D eigenvalue weighted by Crippen LogP contribution is -3.00. The molecule has 2 radical (unpaired) electrons. The van der Waals surface area contributed by atoms with Crippen molar-refractivity contribution in [3.05, 3.63) is 18.7 Å². The van der Waals surface area contributed by atoms with Gasteiger partial charge in [0.15, 0.2) is 0 Å². The first-order valence-corrected chi connectivity index (χ1v) is 3.50. The maximum Gasteiger partial charge on any atom is 0.546 e. The van der Waals surface area contributed by atoms with Crippen LogP contribution in [0.1, 0.15) is 0 Å². The molecule has 5 heteroatoms. The Morgan fingerprint density at radius 1 is 1.60 bits per heavy atom. The molecule has 0 aliphatic rings. The Hall–Kier alpha value is -0.323. The lowest BCUT2D eigenvalue weighted by Gasteiger charge is -1.84. The normalized spacial score (nSPS) is 9.00. The van der Waals surface area contributed by atoms with Gasteiger partial charge >= 0.3 is 9.92 Å². The maximum atomic E-state index is 4.92. The SMILES string of the molecule is CO[Si]n1cc[n+](C)c1.[Cl-]. The zero-order valence-corrected chi connectivity index (χ0v) is 7.67. The summed E-state index contributed by atoms with van der Waals surface area (Å²) in [5, 5.41) is 0. The van der Waals surface area contributed by atoms with E-state index in [1.165, 1.54) is 0 Å². The molecule has 1 heterocycles. The quantitative estimate of drug-likeness (QED) is 0.336. The lowest BCUT2D eigenvalue weighted by atomic mass is 10.9. The summed E-state index contributed by atoms with van der Waals surface area (Å²) in [5.74, 6) is 0. The van der Waals surface area contributed by atoms with Gasteiger partial charge in [0, 0.05) is 7.11 Å². The summed E-state index contributed by atoms with van der Waals surface area (Å²) in [5.41, 5.74) is 0. The fraction of sp³-hybridized carbons (Fsp3) is 0.400. The third kappa shape index (κ3) is 2.51. The zero-order valence-electron chi connectivity index (χ0n) is 5.91. The Morgan fingerprint density at radius 3 is 2.70 bits per heavy atom. The fourth-order valence-corrected chi connectivity index (χ4v) is 1.18. The van der Waals surface area contributed by atoms with E-state index < -0.39 is 0 Å². The highest BCUT2D eigenvalue weighted by atomic mass is 35.5. The average molecular weight is 177 g/mol. The number of imidazole rings is 1. The van der Waals surface area contributed by atoms with Crippen LogP contribution in [0, 0.1) is 0 Å². The van der Waals surface area contributed by atoms with Crippen molar-refractivity contribution < 1.29 is 21.4 Å². The third-order valence-electron chi connectivity index (χ3n) is 0.966. The van der Waals surface area contributed by atoms with Crippen LogP contribution in [0.25, 0.3) is 0 Å². The second kappa shape index (κ2) is 4.49. The molecule has 0 fully saturated rings. The number of hydrogen-bond acceptors (Lipinski definition) is 1. The molecule has 1 aromatic heterocycles. The summed E-state index contributed by atoms with van der Waals surface area (Å²) < 4.78 is 8.88. The molecular weight excluding hydrogens is 168 g/mol. The molecule has 0 spiro atoms. The maximum absolute atomic E-state index is 4.92. The minimum atomic E-state index is 0. The van der Waals surface area contributed by atoms with E-state index in [2.05, 4.69) is 0 Å². The van der Waals surface area contributed by atoms with Gasteiger partial charge in [-0.2, -0.15) is 0 Å². The molecule has 0 saturated carbocycles. The molecule has 3 nitrogen and oxygen atoms in total. The van der Waals surface area contributed by atoms with E-state index in [0.717, 1.165) is 0 Å². The summed E-state index contributed by atoms with van der Waals surface area (Å²) in [4.78, 5) is 0. The van der Waals surface area contributed by atoms with E-state index in [0.29, 0.717) is 9.92 Å². The van der Waals surface area contributed by atoms with Crippen LogP contribution in [0.4, 0.5) is 0 Å². The molecule has 0 aliphatic carbocycles. The van der Waals surface area contributed by atoms with Crippen molar-refractivity contribution in [3.63, 3.8) is 0 Å². The molecule has 10 heavy (non-hydrogen) atoms. The molecule has 1 aromatic rings. The Labute approximate surface area is 69.1 Å². The minimum Gasteiger partial charge on any atom is -1.00 e. The smallest absolute Gasteiger partial charge is 0.546 e. The summed E-state index contributed by atoms with van der Waals surface area (Å²) in [6, 6.07) is 0. The Bertz CT molecular complexity index is 192. The molecule has 0 N–H and O–H groups in total. The number of rotatable bonds is 2. The zero-order chi connectivity index (χ0) is 6.69. The first-order valence-electron chi connectivity index (χ1n) is 2.65. The predicted molar refractivity (Wildman–Crippen MR) is 33.8 cm³/mol. The van der Waals surface area contributed by atoms with Crippen LogP contribution in [0.2, 0.25) is 0 Å². The van der Waals surface area contributed by atoms with Crippen LogP contribution >= 0.6 is 0 Å². The van der Waals surface area contributed by atoms with Gasteiger partial charge in [0.2, 0.25) is 6.33 Å². The Kier molecular flexibility index (Phi) is 4.34. The van der Waals surface area contributed by atoms with Crippen LogP contribution in [0.5, 0.6) is 0 Å². The van der Waals surface area contributed by atoms with Crippen LogP contribution in [-0.4, -0.2) is 21.3 Å². The van der Waals surface area contributed by atoms with Crippen LogP contribution in [0.3, 0.4) is 0 Å². The van der Waals surface area contributed by atoms with Crippen molar-refractivity contribution in [2.24, 2.45) is 7.05 Å². The molecule has 0 aliphatic heterocycles. The minimum absolute atomic E-state index is 0. The van der Waals surface area contributed by atoms with Gasteiger partial charge in [-0.3, -0.25) is 4.23 Å². The molecule has 0 aromatic carbocycles. The fourth-order valence-electron chi connectivity index (χ4n) is 0.610. The molecule has 0 saturated heterocycles. The topological polar surface area (TPSA) is 18.0 Å². The number of aryl methyl sites for hydroxylation is 1. The number of hydrogen-bond donors (Lipinski definition) is 0. The summed E-state index contributed by atoms with van der Waals surface area (Å²) in [6.45, 7) is 0. The molecule has 56 valence electrons. The molecule has 0 bridgehead atoms. The lowest BCUT2D eigenvalue weighted by molar-refractivity contribution is -0.670. The second-order valence-corrected chi connectivity index (χ2v) is 2.89. The molecule has 0 atom stereocenters. The van der Waals surface area contributed by atoms with Crippen molar-refractivity contribution in [1.29, 1.82) is 0 Å². The van der Waals surface area contributed by atoms with E-state index >= 15 is 0 Å². The summed E-state index contributed by atoms with van der Waals surface area (Å²) >= 11 is 0. The molecular formula is C5H9ClN2OSi.